The van der Waals surface area contributed by atoms with E-state index >= 15 is 0 Å². The molecule has 2 aromatic rings. The van der Waals surface area contributed by atoms with Gasteiger partial charge in [0.15, 0.2) is 0 Å². The Labute approximate surface area is 108 Å². The maximum atomic E-state index is 5.29. The molecule has 0 spiro atoms. The third-order valence-corrected chi connectivity index (χ3v) is 2.74. The summed E-state index contributed by atoms with van der Waals surface area (Å²) in [6.45, 7) is 0. The van der Waals surface area contributed by atoms with Gasteiger partial charge in [-0.3, -0.25) is 0 Å². The van der Waals surface area contributed by atoms with Gasteiger partial charge in [0, 0.05) is 5.56 Å². The molecule has 1 aromatic carbocycles. The molecule has 1 aromatic heterocycles. The van der Waals surface area contributed by atoms with Crippen molar-refractivity contribution >= 4 is 15.9 Å². The van der Waals surface area contributed by atoms with Crippen molar-refractivity contribution < 1.29 is 9.47 Å². The number of ether oxygens (including phenoxy) is 2. The van der Waals surface area contributed by atoms with Crippen LogP contribution in [0, 0.1) is 0 Å². The molecule has 0 aliphatic rings. The van der Waals surface area contributed by atoms with Crippen LogP contribution in [0.5, 0.6) is 11.5 Å². The minimum atomic E-state index is 0.697. The summed E-state index contributed by atoms with van der Waals surface area (Å²) < 4.78 is 11.2. The van der Waals surface area contributed by atoms with Gasteiger partial charge in [0.1, 0.15) is 16.1 Å². The van der Waals surface area contributed by atoms with Crippen LogP contribution in [0.25, 0.3) is 11.3 Å². The standard InChI is InChI=1S/C12H11BrN2O2/c1-16-8-3-5-11(17-2)9(7-8)10-4-6-12(13)15-14-10/h3-7H,1-2H3. The van der Waals surface area contributed by atoms with Gasteiger partial charge in [0.2, 0.25) is 0 Å². The second-order valence-electron chi connectivity index (χ2n) is 3.31. The summed E-state index contributed by atoms with van der Waals surface area (Å²) >= 11 is 3.25. The van der Waals surface area contributed by atoms with Crippen LogP contribution >= 0.6 is 15.9 Å². The molecule has 0 saturated heterocycles. The Hall–Kier alpha value is -1.62. The number of aromatic nitrogens is 2. The molecule has 0 bridgehead atoms. The zero-order chi connectivity index (χ0) is 12.3. The summed E-state index contributed by atoms with van der Waals surface area (Å²) in [5.41, 5.74) is 1.59. The molecule has 0 aliphatic heterocycles. The molecule has 0 amide bonds. The minimum absolute atomic E-state index is 0.697. The van der Waals surface area contributed by atoms with E-state index in [1.54, 1.807) is 14.2 Å². The highest BCUT2D eigenvalue weighted by Gasteiger charge is 2.09. The van der Waals surface area contributed by atoms with Gasteiger partial charge in [0.25, 0.3) is 0 Å². The highest BCUT2D eigenvalue weighted by atomic mass is 79.9. The number of nitrogens with zero attached hydrogens (tertiary/aromatic N) is 2. The second kappa shape index (κ2) is 5.14. The van der Waals surface area contributed by atoms with Crippen LogP contribution < -0.4 is 9.47 Å². The third-order valence-electron chi connectivity index (χ3n) is 2.31. The molecule has 88 valence electrons. The number of benzene rings is 1. The molecule has 0 aliphatic carbocycles. The SMILES string of the molecule is COc1ccc(OC)c(-c2ccc(Br)nn2)c1. The van der Waals surface area contributed by atoms with Crippen molar-refractivity contribution in [2.75, 3.05) is 14.2 Å². The van der Waals surface area contributed by atoms with E-state index in [1.165, 1.54) is 0 Å². The lowest BCUT2D eigenvalue weighted by atomic mass is 10.1. The Morgan fingerprint density at radius 2 is 1.82 bits per heavy atom. The second-order valence-corrected chi connectivity index (χ2v) is 4.12. The van der Waals surface area contributed by atoms with Crippen molar-refractivity contribution in [3.63, 3.8) is 0 Å². The van der Waals surface area contributed by atoms with Crippen molar-refractivity contribution in [3.8, 4) is 22.8 Å². The fraction of sp³-hybridized carbons (Fsp3) is 0.167. The van der Waals surface area contributed by atoms with Gasteiger partial charge < -0.3 is 9.47 Å². The zero-order valence-electron chi connectivity index (χ0n) is 9.48. The van der Waals surface area contributed by atoms with E-state index < -0.39 is 0 Å². The number of hydrogen-bond donors (Lipinski definition) is 0. The quantitative estimate of drug-likeness (QED) is 0.873. The maximum Gasteiger partial charge on any atom is 0.128 e. The lowest BCUT2D eigenvalue weighted by molar-refractivity contribution is 0.404. The summed E-state index contributed by atoms with van der Waals surface area (Å²) in [4.78, 5) is 0. The number of halogens is 1. The molecule has 4 nitrogen and oxygen atoms in total. The van der Waals surface area contributed by atoms with E-state index in [2.05, 4.69) is 26.1 Å². The molecule has 0 radical (unpaired) electrons. The Bertz CT molecular complexity index is 514. The first kappa shape index (κ1) is 11.9. The van der Waals surface area contributed by atoms with Crippen LogP contribution in [-0.2, 0) is 0 Å². The first-order valence-corrected chi connectivity index (χ1v) is 5.75. The Kier molecular flexibility index (Phi) is 3.58. The van der Waals surface area contributed by atoms with Crippen LogP contribution in [-0.4, -0.2) is 24.4 Å². The molecule has 0 N–H and O–H groups in total. The first-order valence-electron chi connectivity index (χ1n) is 4.96. The summed E-state index contributed by atoms with van der Waals surface area (Å²) in [6.07, 6.45) is 0. The van der Waals surface area contributed by atoms with Gasteiger partial charge in [0.05, 0.1) is 19.9 Å². The number of hydrogen-bond acceptors (Lipinski definition) is 4. The molecule has 0 saturated carbocycles. The monoisotopic (exact) mass is 294 g/mol. The molecule has 17 heavy (non-hydrogen) atoms. The lowest BCUT2D eigenvalue weighted by Crippen LogP contribution is -1.93. The van der Waals surface area contributed by atoms with Crippen molar-refractivity contribution in [3.05, 3.63) is 34.9 Å². The van der Waals surface area contributed by atoms with E-state index in [0.29, 0.717) is 4.60 Å². The largest absolute Gasteiger partial charge is 0.497 e. The molecule has 0 atom stereocenters. The van der Waals surface area contributed by atoms with Gasteiger partial charge in [-0.1, -0.05) is 0 Å². The zero-order valence-corrected chi connectivity index (χ0v) is 11.1. The van der Waals surface area contributed by atoms with Crippen molar-refractivity contribution in [2.24, 2.45) is 0 Å². The number of rotatable bonds is 3. The molecule has 5 heteroatoms. The summed E-state index contributed by atoms with van der Waals surface area (Å²) in [5.74, 6) is 1.49. The Balaban J connectivity index is 2.51. The molecule has 0 fully saturated rings. The molecule has 0 unspecified atom stereocenters. The average Bonchev–Trinajstić information content (AvgIpc) is 2.39. The maximum absolute atomic E-state index is 5.29. The lowest BCUT2D eigenvalue weighted by Gasteiger charge is -2.09. The smallest absolute Gasteiger partial charge is 0.128 e. The highest BCUT2D eigenvalue weighted by molar-refractivity contribution is 9.10. The van der Waals surface area contributed by atoms with Crippen molar-refractivity contribution in [1.29, 1.82) is 0 Å². The first-order chi connectivity index (χ1) is 8.24. The normalized spacial score (nSPS) is 10.1. The van der Waals surface area contributed by atoms with Crippen LogP contribution in [0.4, 0.5) is 0 Å². The van der Waals surface area contributed by atoms with E-state index in [4.69, 9.17) is 9.47 Å². The van der Waals surface area contributed by atoms with Gasteiger partial charge in [-0.2, -0.15) is 0 Å². The Morgan fingerprint density at radius 1 is 1.00 bits per heavy atom. The molecular weight excluding hydrogens is 284 g/mol. The third kappa shape index (κ3) is 2.55. The van der Waals surface area contributed by atoms with E-state index in [0.717, 1.165) is 22.8 Å². The summed E-state index contributed by atoms with van der Waals surface area (Å²) in [6, 6.07) is 9.26. The average molecular weight is 295 g/mol. The predicted octanol–water partition coefficient (Wildman–Crippen LogP) is 2.92. The highest BCUT2D eigenvalue weighted by Crippen LogP contribution is 2.32. The summed E-state index contributed by atoms with van der Waals surface area (Å²) in [7, 11) is 3.25. The van der Waals surface area contributed by atoms with Gasteiger partial charge in [-0.15, -0.1) is 10.2 Å². The van der Waals surface area contributed by atoms with E-state index in [1.807, 2.05) is 30.3 Å². The number of methoxy groups -OCH3 is 2. The van der Waals surface area contributed by atoms with Crippen LogP contribution in [0.3, 0.4) is 0 Å². The van der Waals surface area contributed by atoms with Gasteiger partial charge >= 0.3 is 0 Å². The molecular formula is C12H11BrN2O2. The van der Waals surface area contributed by atoms with Crippen LogP contribution in [0.15, 0.2) is 34.9 Å². The van der Waals surface area contributed by atoms with Crippen molar-refractivity contribution in [2.45, 2.75) is 0 Å². The minimum Gasteiger partial charge on any atom is -0.497 e. The van der Waals surface area contributed by atoms with Gasteiger partial charge in [-0.25, -0.2) is 0 Å². The summed E-state index contributed by atoms with van der Waals surface area (Å²) in [5, 5.41) is 8.06. The fourth-order valence-corrected chi connectivity index (χ4v) is 1.69. The van der Waals surface area contributed by atoms with E-state index in [9.17, 15) is 0 Å². The fourth-order valence-electron chi connectivity index (χ4n) is 1.47. The van der Waals surface area contributed by atoms with Gasteiger partial charge in [-0.05, 0) is 46.3 Å². The predicted molar refractivity (Wildman–Crippen MR) is 68.3 cm³/mol. The molecule has 2 rings (SSSR count). The van der Waals surface area contributed by atoms with Crippen LogP contribution in [0.1, 0.15) is 0 Å². The topological polar surface area (TPSA) is 44.2 Å². The van der Waals surface area contributed by atoms with E-state index in [-0.39, 0.29) is 0 Å². The van der Waals surface area contributed by atoms with Crippen molar-refractivity contribution in [1.82, 2.24) is 10.2 Å². The van der Waals surface area contributed by atoms with Crippen LogP contribution in [0.2, 0.25) is 0 Å². The molecule has 1 heterocycles. The Morgan fingerprint density at radius 3 is 2.41 bits per heavy atom.